The highest BCUT2D eigenvalue weighted by molar-refractivity contribution is 7.80. The molecule has 1 fully saturated rings. The summed E-state index contributed by atoms with van der Waals surface area (Å²) in [5.74, 6) is 0. The van der Waals surface area contributed by atoms with Crippen molar-refractivity contribution in [3.63, 3.8) is 0 Å². The van der Waals surface area contributed by atoms with Crippen molar-refractivity contribution in [2.75, 3.05) is 18.1 Å². The number of hydrogen-bond acceptors (Lipinski definition) is 4. The Morgan fingerprint density at radius 1 is 1.23 bits per heavy atom. The maximum Gasteiger partial charge on any atom is 0.441 e. The van der Waals surface area contributed by atoms with Crippen LogP contribution >= 0.6 is 0 Å². The van der Waals surface area contributed by atoms with Gasteiger partial charge in [0.2, 0.25) is 0 Å². The lowest BCUT2D eigenvalue weighted by molar-refractivity contribution is -0.734. The summed E-state index contributed by atoms with van der Waals surface area (Å²) in [5.41, 5.74) is 6.55. The first kappa shape index (κ1) is 16.7. The lowest BCUT2D eigenvalue weighted by atomic mass is 9.94. The molecule has 0 radical (unpaired) electrons. The molecule has 1 unspecified atom stereocenters. The molecule has 0 heterocycles. The van der Waals surface area contributed by atoms with E-state index in [1.54, 1.807) is 24.3 Å². The largest absolute Gasteiger partial charge is 0.441 e. The van der Waals surface area contributed by atoms with Crippen LogP contribution in [0.25, 0.3) is 0 Å². The van der Waals surface area contributed by atoms with Crippen LogP contribution in [0.2, 0.25) is 0 Å². The van der Waals surface area contributed by atoms with Crippen molar-refractivity contribution in [2.24, 2.45) is 0 Å². The van der Waals surface area contributed by atoms with E-state index in [-0.39, 0.29) is 0 Å². The number of nitrogens with zero attached hydrogens (tertiary/aromatic N) is 1. The Kier molecular flexibility index (Phi) is 4.74. The van der Waals surface area contributed by atoms with Crippen molar-refractivity contribution < 1.29 is 21.7 Å². The summed E-state index contributed by atoms with van der Waals surface area (Å²) >= 11 is 0. The van der Waals surface area contributed by atoms with E-state index in [9.17, 15) is 17.8 Å². The van der Waals surface area contributed by atoms with Crippen LogP contribution in [0.1, 0.15) is 32.1 Å². The summed E-state index contributed by atoms with van der Waals surface area (Å²) in [6.45, 7) is 0. The van der Waals surface area contributed by atoms with E-state index in [0.29, 0.717) is 24.2 Å². The van der Waals surface area contributed by atoms with Gasteiger partial charge in [-0.2, -0.15) is 0 Å². The van der Waals surface area contributed by atoms with Gasteiger partial charge in [-0.05, 0) is 37.1 Å². The van der Waals surface area contributed by atoms with E-state index in [4.69, 9.17) is 5.73 Å². The standard InChI is InChI=1S/C14H21N3O4S/c1-17(22(19,20)21,13-5-3-2-4-6-13)14(18)16-12-9-7-11(15)8-10-12/h7-10,13H,2-6,15H2,1H3,(H-,16,18,19,20,21)/p+1. The summed E-state index contributed by atoms with van der Waals surface area (Å²) in [6.07, 6.45) is 3.89. The molecule has 1 aromatic rings. The molecule has 122 valence electrons. The van der Waals surface area contributed by atoms with Gasteiger partial charge in [0.15, 0.2) is 0 Å². The van der Waals surface area contributed by atoms with Crippen LogP contribution in [0.4, 0.5) is 16.2 Å². The van der Waals surface area contributed by atoms with Gasteiger partial charge >= 0.3 is 16.3 Å². The molecule has 7 nitrogen and oxygen atoms in total. The van der Waals surface area contributed by atoms with Crippen molar-refractivity contribution >= 4 is 27.7 Å². The highest BCUT2D eigenvalue weighted by Gasteiger charge is 2.51. The number of hydrogen-bond donors (Lipinski definition) is 3. The lowest BCUT2D eigenvalue weighted by Crippen LogP contribution is -2.61. The summed E-state index contributed by atoms with van der Waals surface area (Å²) in [4.78, 5) is 12.6. The van der Waals surface area contributed by atoms with Crippen molar-refractivity contribution in [3.05, 3.63) is 24.3 Å². The number of anilines is 2. The molecule has 2 amide bonds. The van der Waals surface area contributed by atoms with Gasteiger partial charge in [-0.1, -0.05) is 6.42 Å². The molecule has 0 spiro atoms. The number of carbonyl (C=O) groups excluding carboxylic acids is 1. The average Bonchev–Trinajstić information content (AvgIpc) is 2.48. The quantitative estimate of drug-likeness (QED) is 0.448. The minimum absolute atomic E-state index is 0.433. The normalized spacial score (nSPS) is 19.4. The third kappa shape index (κ3) is 3.23. The van der Waals surface area contributed by atoms with E-state index in [2.05, 4.69) is 5.32 Å². The van der Waals surface area contributed by atoms with E-state index >= 15 is 0 Å². The van der Waals surface area contributed by atoms with E-state index in [0.717, 1.165) is 19.3 Å². The third-order valence-electron chi connectivity index (χ3n) is 4.32. The van der Waals surface area contributed by atoms with Crippen LogP contribution in [0.5, 0.6) is 0 Å². The van der Waals surface area contributed by atoms with Gasteiger partial charge in [0, 0.05) is 24.2 Å². The molecule has 0 aromatic heterocycles. The Bertz CT molecular complexity index is 639. The average molecular weight is 328 g/mol. The van der Waals surface area contributed by atoms with Crippen LogP contribution in [0, 0.1) is 0 Å². The second kappa shape index (κ2) is 6.23. The molecule has 1 aliphatic carbocycles. The Balaban J connectivity index is 2.28. The maximum absolute atomic E-state index is 12.6. The smallest absolute Gasteiger partial charge is 0.399 e. The topological polar surface area (TPSA) is 109 Å². The third-order valence-corrected chi connectivity index (χ3v) is 5.74. The molecule has 0 bridgehead atoms. The molecule has 1 aliphatic rings. The lowest BCUT2D eigenvalue weighted by Gasteiger charge is -2.36. The number of amides is 2. The van der Waals surface area contributed by atoms with Crippen LogP contribution in [-0.2, 0) is 10.3 Å². The first-order valence-electron chi connectivity index (χ1n) is 7.26. The highest BCUT2D eigenvalue weighted by Crippen LogP contribution is 2.31. The predicted molar refractivity (Wildman–Crippen MR) is 84.5 cm³/mol. The van der Waals surface area contributed by atoms with Crippen molar-refractivity contribution in [3.8, 4) is 0 Å². The summed E-state index contributed by atoms with van der Waals surface area (Å²) in [7, 11) is -3.34. The number of urea groups is 1. The fraction of sp³-hybridized carbons (Fsp3) is 0.500. The van der Waals surface area contributed by atoms with Gasteiger partial charge in [0.05, 0.1) is 7.05 Å². The second-order valence-electron chi connectivity index (χ2n) is 5.78. The Hall–Kier alpha value is -1.64. The van der Waals surface area contributed by atoms with Gasteiger partial charge in [-0.25, -0.2) is 9.35 Å². The molecule has 2 rings (SSSR count). The molecule has 1 saturated carbocycles. The van der Waals surface area contributed by atoms with E-state index in [1.165, 1.54) is 7.05 Å². The fourth-order valence-electron chi connectivity index (χ4n) is 2.83. The first-order valence-corrected chi connectivity index (χ1v) is 8.66. The SMILES string of the molecule is C[N+](C(=O)Nc1ccc(N)cc1)(C1CCCCC1)S(=O)(=O)O. The molecular weight excluding hydrogens is 306 g/mol. The fourth-order valence-corrected chi connectivity index (χ4v) is 3.68. The molecule has 0 aliphatic heterocycles. The Morgan fingerprint density at radius 3 is 2.27 bits per heavy atom. The molecule has 4 N–H and O–H groups in total. The zero-order valence-corrected chi connectivity index (χ0v) is 13.3. The van der Waals surface area contributed by atoms with Crippen molar-refractivity contribution in [1.29, 1.82) is 0 Å². The minimum Gasteiger partial charge on any atom is -0.399 e. The van der Waals surface area contributed by atoms with Gasteiger partial charge in [0.25, 0.3) is 0 Å². The first-order chi connectivity index (χ1) is 10.2. The number of benzene rings is 1. The van der Waals surface area contributed by atoms with Crippen LogP contribution < -0.4 is 11.1 Å². The van der Waals surface area contributed by atoms with Crippen LogP contribution in [0.3, 0.4) is 0 Å². The summed E-state index contributed by atoms with van der Waals surface area (Å²) < 4.78 is 32.4. The van der Waals surface area contributed by atoms with Gasteiger partial charge in [0.1, 0.15) is 6.04 Å². The Labute approximate surface area is 130 Å². The van der Waals surface area contributed by atoms with Gasteiger partial charge in [-0.3, -0.25) is 5.32 Å². The van der Waals surface area contributed by atoms with Crippen LogP contribution in [0.15, 0.2) is 24.3 Å². The molecule has 22 heavy (non-hydrogen) atoms. The second-order valence-corrected chi connectivity index (χ2v) is 7.44. The zero-order valence-electron chi connectivity index (χ0n) is 12.5. The number of nitrogens with one attached hydrogen (secondary N) is 1. The minimum atomic E-state index is -4.59. The molecule has 0 saturated heterocycles. The molecule has 1 atom stereocenters. The number of rotatable bonds is 3. The predicted octanol–water partition coefficient (Wildman–Crippen LogP) is 2.38. The molecule has 1 aromatic carbocycles. The molecule has 8 heteroatoms. The molecular formula is C14H22N3O4S+. The van der Waals surface area contributed by atoms with Crippen molar-refractivity contribution in [1.82, 2.24) is 0 Å². The number of carbonyl (C=O) groups is 1. The monoisotopic (exact) mass is 328 g/mol. The number of nitrogens with two attached hydrogens (primary N) is 1. The highest BCUT2D eigenvalue weighted by atomic mass is 32.2. The Morgan fingerprint density at radius 2 is 1.77 bits per heavy atom. The van der Waals surface area contributed by atoms with Gasteiger partial charge < -0.3 is 5.73 Å². The summed E-state index contributed by atoms with van der Waals surface area (Å²) in [6, 6.07) is 5.17. The van der Waals surface area contributed by atoms with Crippen molar-refractivity contribution in [2.45, 2.75) is 38.1 Å². The summed E-state index contributed by atoms with van der Waals surface area (Å²) in [5, 5.41) is 2.55. The van der Waals surface area contributed by atoms with Gasteiger partial charge in [-0.15, -0.1) is 12.3 Å². The number of nitrogen functional groups attached to an aromatic ring is 1. The van der Waals surface area contributed by atoms with E-state index < -0.39 is 26.3 Å². The zero-order chi connectivity index (χ0) is 16.4. The maximum atomic E-state index is 12.6. The van der Waals surface area contributed by atoms with Crippen LogP contribution in [-0.4, -0.2) is 36.0 Å². The number of quaternary nitrogens is 1. The van der Waals surface area contributed by atoms with E-state index in [1.807, 2.05) is 0 Å².